The molecule has 0 atom stereocenters. The summed E-state index contributed by atoms with van der Waals surface area (Å²) in [5.74, 6) is -1.93. The normalized spacial score (nSPS) is 12.7. The molecule has 2 aromatic carbocycles. The molecule has 0 saturated carbocycles. The molecule has 0 aliphatic carbocycles. The second-order valence-corrected chi connectivity index (χ2v) is 7.58. The fourth-order valence-corrected chi connectivity index (χ4v) is 3.54. The Kier molecular flexibility index (Phi) is 6.66. The zero-order valence-corrected chi connectivity index (χ0v) is 16.7. The molecule has 3 rings (SSSR count). The lowest BCUT2D eigenvalue weighted by molar-refractivity contribution is -0.147. The van der Waals surface area contributed by atoms with Crippen LogP contribution in [0, 0.1) is 6.92 Å². The Balaban J connectivity index is 1.38. The number of amides is 2. The lowest BCUT2D eigenvalue weighted by Crippen LogP contribution is -2.37. The van der Waals surface area contributed by atoms with E-state index >= 15 is 0 Å². The molecule has 8 heteroatoms. The highest BCUT2D eigenvalue weighted by atomic mass is 32.2. The van der Waals surface area contributed by atoms with Crippen LogP contribution in [0.25, 0.3) is 0 Å². The highest BCUT2D eigenvalue weighted by Gasteiger charge is 2.36. The van der Waals surface area contributed by atoms with Crippen molar-refractivity contribution < 1.29 is 23.9 Å². The van der Waals surface area contributed by atoms with Crippen molar-refractivity contribution >= 4 is 41.0 Å². The van der Waals surface area contributed by atoms with Gasteiger partial charge in [-0.1, -0.05) is 29.8 Å². The fourth-order valence-electron chi connectivity index (χ4n) is 2.77. The number of ketones is 1. The number of fused-ring (bicyclic) bond motifs is 1. The van der Waals surface area contributed by atoms with Gasteiger partial charge in [0.25, 0.3) is 17.6 Å². The monoisotopic (exact) mass is 412 g/mol. The van der Waals surface area contributed by atoms with Crippen molar-refractivity contribution in [3.8, 4) is 0 Å². The summed E-state index contributed by atoms with van der Waals surface area (Å²) in [5, 5.41) is 2.67. The predicted octanol–water partition coefficient (Wildman–Crippen LogP) is 1.98. The van der Waals surface area contributed by atoms with Gasteiger partial charge in [0.1, 0.15) is 6.54 Å². The first-order valence-electron chi connectivity index (χ1n) is 9.02. The van der Waals surface area contributed by atoms with Gasteiger partial charge in [-0.15, -0.1) is 11.8 Å². The second kappa shape index (κ2) is 9.38. The number of carbonyl (C=O) groups excluding carboxylic acids is 4. The van der Waals surface area contributed by atoms with Crippen molar-refractivity contribution in [2.24, 2.45) is 0 Å². The molecule has 150 valence electrons. The van der Waals surface area contributed by atoms with Crippen molar-refractivity contribution in [2.45, 2.75) is 11.8 Å². The zero-order valence-electron chi connectivity index (χ0n) is 15.8. The molecule has 1 aliphatic heterocycles. The highest BCUT2D eigenvalue weighted by molar-refractivity contribution is 7.99. The Morgan fingerprint density at radius 1 is 1.07 bits per heavy atom. The topological polar surface area (TPSA) is 92.8 Å². The number of ether oxygens (including phenoxy) is 1. The van der Waals surface area contributed by atoms with E-state index in [1.165, 1.54) is 11.6 Å². The van der Waals surface area contributed by atoms with Gasteiger partial charge < -0.3 is 10.1 Å². The van der Waals surface area contributed by atoms with E-state index in [0.717, 1.165) is 9.80 Å². The van der Waals surface area contributed by atoms with Gasteiger partial charge in [-0.2, -0.15) is 0 Å². The molecule has 2 aromatic rings. The summed E-state index contributed by atoms with van der Waals surface area (Å²) in [6, 6.07) is 14.5. The van der Waals surface area contributed by atoms with Gasteiger partial charge in [0, 0.05) is 17.2 Å². The first kappa shape index (κ1) is 20.6. The molecule has 1 heterocycles. The molecular weight excluding hydrogens is 392 g/mol. The van der Waals surface area contributed by atoms with Gasteiger partial charge in [-0.25, -0.2) is 0 Å². The van der Waals surface area contributed by atoms with Crippen molar-refractivity contribution in [1.29, 1.82) is 0 Å². The largest absolute Gasteiger partial charge is 0.454 e. The molecule has 7 nitrogen and oxygen atoms in total. The molecule has 0 fully saturated rings. The van der Waals surface area contributed by atoms with Crippen molar-refractivity contribution in [2.75, 3.05) is 30.3 Å². The number of anilines is 1. The van der Waals surface area contributed by atoms with Crippen LogP contribution < -0.4 is 10.2 Å². The van der Waals surface area contributed by atoms with Crippen LogP contribution in [0.2, 0.25) is 0 Å². The third kappa shape index (κ3) is 5.23. The second-order valence-electron chi connectivity index (χ2n) is 6.41. The van der Waals surface area contributed by atoms with E-state index in [9.17, 15) is 19.2 Å². The smallest absolute Gasteiger partial charge is 0.326 e. The quantitative estimate of drug-likeness (QED) is 0.308. The number of nitrogens with one attached hydrogen (secondary N) is 1. The van der Waals surface area contributed by atoms with Gasteiger partial charge in [0.05, 0.1) is 11.3 Å². The Morgan fingerprint density at radius 3 is 2.55 bits per heavy atom. The molecule has 1 N–H and O–H groups in total. The summed E-state index contributed by atoms with van der Waals surface area (Å²) in [6.07, 6.45) is 0. The molecule has 0 spiro atoms. The Morgan fingerprint density at radius 2 is 1.79 bits per heavy atom. The number of thioether (sulfide) groups is 1. The first-order chi connectivity index (χ1) is 14.0. The van der Waals surface area contributed by atoms with Crippen LogP contribution in [-0.2, 0) is 19.1 Å². The number of aryl methyl sites for hydroxylation is 1. The minimum Gasteiger partial charge on any atom is -0.454 e. The minimum atomic E-state index is -0.777. The van der Waals surface area contributed by atoms with Crippen molar-refractivity contribution in [3.05, 3.63) is 59.7 Å². The van der Waals surface area contributed by atoms with Gasteiger partial charge >= 0.3 is 5.97 Å². The number of nitrogens with zero attached hydrogens (tertiary/aromatic N) is 1. The molecule has 0 saturated heterocycles. The van der Waals surface area contributed by atoms with E-state index in [0.29, 0.717) is 18.0 Å². The van der Waals surface area contributed by atoms with Gasteiger partial charge in [0.2, 0.25) is 0 Å². The zero-order chi connectivity index (χ0) is 20.8. The van der Waals surface area contributed by atoms with Crippen LogP contribution in [0.15, 0.2) is 53.4 Å². The number of benzene rings is 2. The molecule has 0 bridgehead atoms. The number of Topliss-reactive ketones (excluding diaryl/α,β-unsaturated/α-hetero) is 1. The number of esters is 1. The third-order valence-corrected chi connectivity index (χ3v) is 5.26. The summed E-state index contributed by atoms with van der Waals surface area (Å²) < 4.78 is 4.93. The van der Waals surface area contributed by atoms with E-state index in [2.05, 4.69) is 5.32 Å². The summed E-state index contributed by atoms with van der Waals surface area (Å²) in [5.41, 5.74) is 1.82. The maximum Gasteiger partial charge on any atom is 0.326 e. The third-order valence-electron chi connectivity index (χ3n) is 4.24. The standard InChI is InChI=1S/C21H20N2O5S/c1-14-6-8-15(9-7-14)29-11-10-22-18(24)13-28-19(25)12-23-17-5-3-2-4-16(17)20(26)21(23)27/h2-9H,10-13H2,1H3,(H,22,24). The first-order valence-corrected chi connectivity index (χ1v) is 10.0. The predicted molar refractivity (Wildman–Crippen MR) is 109 cm³/mol. The number of hydrogen-bond donors (Lipinski definition) is 1. The lowest BCUT2D eigenvalue weighted by atomic mass is 10.1. The SMILES string of the molecule is Cc1ccc(SCCNC(=O)COC(=O)CN2C(=O)C(=O)c3ccccc32)cc1. The van der Waals surface area contributed by atoms with Gasteiger partial charge in [0.15, 0.2) is 6.61 Å². The number of rotatable bonds is 8. The fraction of sp³-hybridized carbons (Fsp3) is 0.238. The van der Waals surface area contributed by atoms with E-state index in [1.807, 2.05) is 31.2 Å². The summed E-state index contributed by atoms with van der Waals surface area (Å²) in [7, 11) is 0. The Bertz CT molecular complexity index is 942. The number of carbonyl (C=O) groups is 4. The van der Waals surface area contributed by atoms with Crippen LogP contribution in [-0.4, -0.2) is 49.0 Å². The van der Waals surface area contributed by atoms with Crippen LogP contribution in [0.1, 0.15) is 15.9 Å². The van der Waals surface area contributed by atoms with E-state index in [1.54, 1.807) is 30.0 Å². The van der Waals surface area contributed by atoms with E-state index in [4.69, 9.17) is 4.74 Å². The van der Waals surface area contributed by atoms with Crippen LogP contribution >= 0.6 is 11.8 Å². The summed E-state index contributed by atoms with van der Waals surface area (Å²) in [4.78, 5) is 49.9. The maximum atomic E-state index is 12.0. The van der Waals surface area contributed by atoms with E-state index < -0.39 is 36.7 Å². The van der Waals surface area contributed by atoms with Crippen molar-refractivity contribution in [3.63, 3.8) is 0 Å². The lowest BCUT2D eigenvalue weighted by Gasteiger charge is -2.15. The average molecular weight is 412 g/mol. The van der Waals surface area contributed by atoms with Crippen LogP contribution in [0.5, 0.6) is 0 Å². The molecule has 0 aromatic heterocycles. The molecule has 0 radical (unpaired) electrons. The molecule has 2 amide bonds. The van der Waals surface area contributed by atoms with Crippen LogP contribution in [0.4, 0.5) is 5.69 Å². The van der Waals surface area contributed by atoms with E-state index in [-0.39, 0.29) is 5.56 Å². The summed E-state index contributed by atoms with van der Waals surface area (Å²) in [6.45, 7) is 1.59. The van der Waals surface area contributed by atoms with Crippen LogP contribution in [0.3, 0.4) is 0 Å². The highest BCUT2D eigenvalue weighted by Crippen LogP contribution is 2.28. The minimum absolute atomic E-state index is 0.258. The maximum absolute atomic E-state index is 12.0. The molecule has 1 aliphatic rings. The van der Waals surface area contributed by atoms with Gasteiger partial charge in [-0.3, -0.25) is 24.1 Å². The summed E-state index contributed by atoms with van der Waals surface area (Å²) >= 11 is 1.61. The average Bonchev–Trinajstić information content (AvgIpc) is 2.96. The Labute approximate surface area is 172 Å². The number of para-hydroxylation sites is 1. The Hall–Kier alpha value is -3.13. The van der Waals surface area contributed by atoms with Crippen molar-refractivity contribution in [1.82, 2.24) is 5.32 Å². The number of hydrogen-bond acceptors (Lipinski definition) is 6. The molecule has 29 heavy (non-hydrogen) atoms. The molecular formula is C21H20N2O5S. The molecule has 0 unspecified atom stereocenters. The van der Waals surface area contributed by atoms with Gasteiger partial charge in [-0.05, 0) is 31.2 Å².